The normalized spacial score (nSPS) is 9.68. The molecule has 0 saturated carbocycles. The van der Waals surface area contributed by atoms with Crippen LogP contribution in [0, 0.1) is 17.1 Å². The lowest BCUT2D eigenvalue weighted by Gasteiger charge is -2.06. The van der Waals surface area contributed by atoms with E-state index in [2.05, 4.69) is 15.5 Å². The van der Waals surface area contributed by atoms with Gasteiger partial charge in [0.15, 0.2) is 11.5 Å². The van der Waals surface area contributed by atoms with Gasteiger partial charge in [-0.1, -0.05) is 0 Å². The van der Waals surface area contributed by atoms with Crippen LogP contribution in [0.5, 0.6) is 0 Å². The standard InChI is InChI=1S/C12H7FN4O2/c13-8-1-2-9(7(5-8)6-14)15-11-4-3-10(12(18)19)16-17-11/h1-5H,(H,15,17)(H,18,19). The van der Waals surface area contributed by atoms with E-state index in [1.807, 2.05) is 6.07 Å². The minimum atomic E-state index is -1.18. The average molecular weight is 258 g/mol. The summed E-state index contributed by atoms with van der Waals surface area (Å²) in [6.45, 7) is 0. The number of carboxylic acid groups (broad SMARTS) is 1. The fraction of sp³-hybridized carbons (Fsp3) is 0. The number of aromatic carboxylic acids is 1. The zero-order valence-electron chi connectivity index (χ0n) is 9.46. The van der Waals surface area contributed by atoms with Crippen LogP contribution in [0.1, 0.15) is 16.1 Å². The topological polar surface area (TPSA) is 98.9 Å². The molecule has 19 heavy (non-hydrogen) atoms. The molecule has 2 N–H and O–H groups in total. The van der Waals surface area contributed by atoms with Crippen molar-refractivity contribution >= 4 is 17.5 Å². The molecule has 2 rings (SSSR count). The number of hydrogen-bond acceptors (Lipinski definition) is 5. The zero-order valence-corrected chi connectivity index (χ0v) is 9.46. The summed E-state index contributed by atoms with van der Waals surface area (Å²) in [5.74, 6) is -1.44. The smallest absolute Gasteiger partial charge is 0.356 e. The van der Waals surface area contributed by atoms with Crippen molar-refractivity contribution in [2.24, 2.45) is 0 Å². The van der Waals surface area contributed by atoms with E-state index in [-0.39, 0.29) is 17.1 Å². The molecule has 0 radical (unpaired) electrons. The van der Waals surface area contributed by atoms with Gasteiger partial charge in [-0.05, 0) is 30.3 Å². The molecule has 0 aliphatic carbocycles. The summed E-state index contributed by atoms with van der Waals surface area (Å²) in [6.07, 6.45) is 0. The van der Waals surface area contributed by atoms with Crippen LogP contribution in [-0.4, -0.2) is 21.3 Å². The molecular weight excluding hydrogens is 251 g/mol. The highest BCUT2D eigenvalue weighted by Crippen LogP contribution is 2.19. The third-order valence-electron chi connectivity index (χ3n) is 2.25. The van der Waals surface area contributed by atoms with Crippen LogP contribution in [-0.2, 0) is 0 Å². The van der Waals surface area contributed by atoms with Gasteiger partial charge in [0, 0.05) is 0 Å². The Bertz CT molecular complexity index is 664. The van der Waals surface area contributed by atoms with Crippen LogP contribution in [0.2, 0.25) is 0 Å². The van der Waals surface area contributed by atoms with Crippen molar-refractivity contribution in [2.45, 2.75) is 0 Å². The predicted molar refractivity (Wildman–Crippen MR) is 63.4 cm³/mol. The van der Waals surface area contributed by atoms with Gasteiger partial charge in [0.2, 0.25) is 0 Å². The molecule has 1 heterocycles. The van der Waals surface area contributed by atoms with Gasteiger partial charge in [-0.2, -0.15) is 5.26 Å². The number of nitrogens with zero attached hydrogens (tertiary/aromatic N) is 3. The molecule has 0 aliphatic rings. The monoisotopic (exact) mass is 258 g/mol. The SMILES string of the molecule is N#Cc1cc(F)ccc1Nc1ccc(C(=O)O)nn1. The van der Waals surface area contributed by atoms with Gasteiger partial charge >= 0.3 is 5.97 Å². The van der Waals surface area contributed by atoms with E-state index in [0.717, 1.165) is 6.07 Å². The third kappa shape index (κ3) is 2.81. The molecule has 2 aromatic rings. The number of nitriles is 1. The van der Waals surface area contributed by atoms with Crippen molar-refractivity contribution in [3.05, 3.63) is 47.4 Å². The average Bonchev–Trinajstić information content (AvgIpc) is 2.41. The maximum absolute atomic E-state index is 12.9. The number of nitrogens with one attached hydrogen (secondary N) is 1. The molecular formula is C12H7FN4O2. The molecule has 0 unspecified atom stereocenters. The van der Waals surface area contributed by atoms with Crippen LogP contribution in [0.3, 0.4) is 0 Å². The van der Waals surface area contributed by atoms with Crippen molar-refractivity contribution < 1.29 is 14.3 Å². The Morgan fingerprint density at radius 1 is 1.32 bits per heavy atom. The highest BCUT2D eigenvalue weighted by Gasteiger charge is 2.07. The molecule has 6 nitrogen and oxygen atoms in total. The second-order valence-electron chi connectivity index (χ2n) is 3.54. The van der Waals surface area contributed by atoms with Crippen LogP contribution in [0.15, 0.2) is 30.3 Å². The number of carboxylic acids is 1. The van der Waals surface area contributed by atoms with Crippen molar-refractivity contribution in [1.82, 2.24) is 10.2 Å². The Morgan fingerprint density at radius 3 is 2.68 bits per heavy atom. The van der Waals surface area contributed by atoms with Crippen molar-refractivity contribution in [2.75, 3.05) is 5.32 Å². The van der Waals surface area contributed by atoms with E-state index in [4.69, 9.17) is 10.4 Å². The number of hydrogen-bond donors (Lipinski definition) is 2. The van der Waals surface area contributed by atoms with E-state index in [1.54, 1.807) is 0 Å². The van der Waals surface area contributed by atoms with E-state index >= 15 is 0 Å². The predicted octanol–water partition coefficient (Wildman–Crippen LogP) is 1.93. The summed E-state index contributed by atoms with van der Waals surface area (Å²) in [7, 11) is 0. The molecule has 1 aromatic heterocycles. The van der Waals surface area contributed by atoms with Crippen LogP contribution in [0.25, 0.3) is 0 Å². The zero-order chi connectivity index (χ0) is 13.8. The lowest BCUT2D eigenvalue weighted by atomic mass is 10.2. The third-order valence-corrected chi connectivity index (χ3v) is 2.25. The van der Waals surface area contributed by atoms with E-state index in [0.29, 0.717) is 5.69 Å². The highest BCUT2D eigenvalue weighted by atomic mass is 19.1. The second kappa shape index (κ2) is 5.10. The summed E-state index contributed by atoms with van der Waals surface area (Å²) in [5, 5.41) is 27.4. The fourth-order valence-corrected chi connectivity index (χ4v) is 1.37. The van der Waals surface area contributed by atoms with Gasteiger partial charge in [0.25, 0.3) is 0 Å². The molecule has 0 atom stereocenters. The minimum Gasteiger partial charge on any atom is -0.476 e. The molecule has 0 spiro atoms. The van der Waals surface area contributed by atoms with Crippen molar-refractivity contribution in [1.29, 1.82) is 5.26 Å². The first-order chi connectivity index (χ1) is 9.10. The Labute approximate surface area is 107 Å². The maximum atomic E-state index is 12.9. The summed E-state index contributed by atoms with van der Waals surface area (Å²) in [5.41, 5.74) is 0.288. The van der Waals surface area contributed by atoms with E-state index < -0.39 is 11.8 Å². The number of anilines is 2. The first-order valence-electron chi connectivity index (χ1n) is 5.14. The summed E-state index contributed by atoms with van der Waals surface area (Å²) in [6, 6.07) is 8.19. The van der Waals surface area contributed by atoms with E-state index in [1.165, 1.54) is 24.3 Å². The highest BCUT2D eigenvalue weighted by molar-refractivity contribution is 5.85. The van der Waals surface area contributed by atoms with Crippen LogP contribution < -0.4 is 5.32 Å². The maximum Gasteiger partial charge on any atom is 0.356 e. The molecule has 0 amide bonds. The summed E-state index contributed by atoms with van der Waals surface area (Å²) < 4.78 is 12.9. The second-order valence-corrected chi connectivity index (χ2v) is 3.54. The number of aromatic nitrogens is 2. The molecule has 94 valence electrons. The molecule has 7 heteroatoms. The van der Waals surface area contributed by atoms with Crippen LogP contribution >= 0.6 is 0 Å². The molecule has 0 fully saturated rings. The van der Waals surface area contributed by atoms with Gasteiger partial charge in [0.1, 0.15) is 11.9 Å². The van der Waals surface area contributed by atoms with Gasteiger partial charge in [-0.3, -0.25) is 0 Å². The Hall–Kier alpha value is -3.01. The summed E-state index contributed by atoms with van der Waals surface area (Å²) >= 11 is 0. The molecule has 0 aliphatic heterocycles. The van der Waals surface area contributed by atoms with Gasteiger partial charge < -0.3 is 10.4 Å². The molecule has 0 saturated heterocycles. The van der Waals surface area contributed by atoms with Gasteiger partial charge in [-0.15, -0.1) is 10.2 Å². The fourth-order valence-electron chi connectivity index (χ4n) is 1.37. The van der Waals surface area contributed by atoms with Gasteiger partial charge in [0.05, 0.1) is 11.3 Å². The number of carbonyl (C=O) groups is 1. The minimum absolute atomic E-state index is 0.115. The molecule has 0 bridgehead atoms. The largest absolute Gasteiger partial charge is 0.476 e. The van der Waals surface area contributed by atoms with Gasteiger partial charge in [-0.25, -0.2) is 9.18 Å². The molecule has 1 aromatic carbocycles. The number of benzene rings is 1. The Balaban J connectivity index is 2.26. The van der Waals surface area contributed by atoms with Crippen molar-refractivity contribution in [3.63, 3.8) is 0 Å². The lowest BCUT2D eigenvalue weighted by Crippen LogP contribution is -2.04. The lowest BCUT2D eigenvalue weighted by molar-refractivity contribution is 0.0689. The van der Waals surface area contributed by atoms with E-state index in [9.17, 15) is 9.18 Å². The van der Waals surface area contributed by atoms with Crippen LogP contribution in [0.4, 0.5) is 15.9 Å². The summed E-state index contributed by atoms with van der Waals surface area (Å²) in [4.78, 5) is 10.6. The number of halogens is 1. The number of rotatable bonds is 3. The first kappa shape index (κ1) is 12.4. The quantitative estimate of drug-likeness (QED) is 0.872. The van der Waals surface area contributed by atoms with Crippen molar-refractivity contribution in [3.8, 4) is 6.07 Å². The first-order valence-corrected chi connectivity index (χ1v) is 5.14. The Morgan fingerprint density at radius 2 is 2.11 bits per heavy atom. The Kier molecular flexibility index (Phi) is 3.34.